The van der Waals surface area contributed by atoms with Crippen molar-refractivity contribution in [2.75, 3.05) is 7.05 Å². The maximum Gasteiger partial charge on any atom is 0.389 e. The molecule has 228 valence electrons. The Hall–Kier alpha value is -5.00. The Bertz CT molecular complexity index is 1860. The summed E-state index contributed by atoms with van der Waals surface area (Å²) in [4.78, 5) is 21.9. The van der Waals surface area contributed by atoms with Gasteiger partial charge in [-0.05, 0) is 67.8 Å². The van der Waals surface area contributed by atoms with E-state index in [0.29, 0.717) is 45.1 Å². The highest BCUT2D eigenvalue weighted by atomic mass is 19.4. The number of benzene rings is 2. The zero-order chi connectivity index (χ0) is 31.8. The highest BCUT2D eigenvalue weighted by Crippen LogP contribution is 2.38. The summed E-state index contributed by atoms with van der Waals surface area (Å²) in [5, 5.41) is 10.1. The number of carbonyl (C=O) groups is 1. The van der Waals surface area contributed by atoms with Gasteiger partial charge in [0.15, 0.2) is 5.82 Å². The third-order valence-electron chi connectivity index (χ3n) is 7.04. The molecule has 5 rings (SSSR count). The second kappa shape index (κ2) is 11.6. The predicted octanol–water partition coefficient (Wildman–Crippen LogP) is 7.34. The average molecular weight is 608 g/mol. The Labute approximate surface area is 250 Å². The van der Waals surface area contributed by atoms with Crippen LogP contribution in [0.5, 0.6) is 0 Å². The molecule has 0 bridgehead atoms. The van der Waals surface area contributed by atoms with Gasteiger partial charge in [0.1, 0.15) is 11.6 Å². The first kappa shape index (κ1) is 30.5. The minimum Gasteiger partial charge on any atom is -0.437 e. The first-order chi connectivity index (χ1) is 20.8. The number of nitrogens with one attached hydrogen (secondary N) is 2. The molecule has 8 nitrogen and oxygen atoms in total. The number of halogens is 4. The number of nitrogens with zero attached hydrogens (tertiary/aromatic N) is 3. The number of fused-ring (bicyclic) bond motifs is 1. The number of pyridine rings is 1. The van der Waals surface area contributed by atoms with Crippen LogP contribution in [-0.4, -0.2) is 34.3 Å². The molecule has 0 unspecified atom stereocenters. The van der Waals surface area contributed by atoms with E-state index in [9.17, 15) is 22.4 Å². The quantitative estimate of drug-likeness (QED) is 0.169. The van der Waals surface area contributed by atoms with Crippen LogP contribution in [0.2, 0.25) is 0 Å². The van der Waals surface area contributed by atoms with E-state index in [1.807, 2.05) is 13.8 Å². The molecule has 0 aliphatic rings. The highest BCUT2D eigenvalue weighted by Gasteiger charge is 2.30. The molecule has 0 spiro atoms. The van der Waals surface area contributed by atoms with E-state index in [4.69, 9.17) is 8.94 Å². The molecular weight excluding hydrogens is 578 g/mol. The lowest BCUT2D eigenvalue weighted by Gasteiger charge is -2.25. The third-order valence-corrected chi connectivity index (χ3v) is 7.04. The first-order valence-electron chi connectivity index (χ1n) is 13.7. The molecule has 2 N–H and O–H groups in total. The first-order valence-corrected chi connectivity index (χ1v) is 13.7. The van der Waals surface area contributed by atoms with Gasteiger partial charge in [-0.3, -0.25) is 4.79 Å². The number of carbonyl (C=O) groups excluding carboxylic acids is 1. The fourth-order valence-electron chi connectivity index (χ4n) is 4.85. The van der Waals surface area contributed by atoms with Crippen molar-refractivity contribution in [3.8, 4) is 22.5 Å². The van der Waals surface area contributed by atoms with E-state index < -0.39 is 36.3 Å². The summed E-state index contributed by atoms with van der Waals surface area (Å²) in [6, 6.07) is 14.0. The number of aromatic nitrogens is 3. The lowest BCUT2D eigenvalue weighted by atomic mass is 9.96. The zero-order valence-electron chi connectivity index (χ0n) is 24.4. The van der Waals surface area contributed by atoms with Crippen LogP contribution in [-0.2, 0) is 12.0 Å². The maximum absolute atomic E-state index is 13.6. The molecule has 0 saturated carbocycles. The van der Waals surface area contributed by atoms with Crippen molar-refractivity contribution < 1.29 is 31.3 Å². The minimum atomic E-state index is -4.43. The van der Waals surface area contributed by atoms with Gasteiger partial charge in [-0.15, -0.1) is 0 Å². The summed E-state index contributed by atoms with van der Waals surface area (Å²) in [5.74, 6) is -0.0159. The Morgan fingerprint density at radius 2 is 1.75 bits per heavy atom. The number of amides is 1. The monoisotopic (exact) mass is 607 g/mol. The van der Waals surface area contributed by atoms with E-state index >= 15 is 0 Å². The van der Waals surface area contributed by atoms with Crippen LogP contribution in [0.3, 0.4) is 0 Å². The topological polar surface area (TPSA) is 106 Å². The fraction of sp³-hybridized carbons (Fsp3) is 0.250. The highest BCUT2D eigenvalue weighted by molar-refractivity contribution is 6.11. The number of hydrogen-bond donors (Lipinski definition) is 2. The summed E-state index contributed by atoms with van der Waals surface area (Å²) < 4.78 is 64.8. The van der Waals surface area contributed by atoms with E-state index in [2.05, 4.69) is 32.3 Å². The van der Waals surface area contributed by atoms with E-state index in [1.165, 1.54) is 31.3 Å². The largest absolute Gasteiger partial charge is 0.437 e. The lowest BCUT2D eigenvalue weighted by Crippen LogP contribution is -2.36. The minimum absolute atomic E-state index is 0.0109. The van der Waals surface area contributed by atoms with Gasteiger partial charge in [-0.1, -0.05) is 29.9 Å². The van der Waals surface area contributed by atoms with Crippen LogP contribution in [0.25, 0.3) is 39.2 Å². The van der Waals surface area contributed by atoms with Crippen molar-refractivity contribution in [2.24, 2.45) is 0 Å². The van der Waals surface area contributed by atoms with Gasteiger partial charge in [0, 0.05) is 37.2 Å². The van der Waals surface area contributed by atoms with E-state index in [-0.39, 0.29) is 22.7 Å². The van der Waals surface area contributed by atoms with E-state index in [1.54, 1.807) is 37.3 Å². The normalized spacial score (nSPS) is 12.0. The van der Waals surface area contributed by atoms with Crippen LogP contribution in [0.1, 0.15) is 53.6 Å². The van der Waals surface area contributed by atoms with Crippen molar-refractivity contribution in [3.05, 3.63) is 95.5 Å². The molecule has 3 heterocycles. The standard InChI is InChI=1S/C32H29F4N5O3/c1-17(40-31(3,4)30-38-18(2)44-41-30)20-7-6-8-21(15-20)23-16-24-26(28(42)37-5)27(19-9-11-22(33)12-10-19)43-29(24)39-25(23)13-14-32(34,35)36/h6-12,15-16,40H,1,13-14H2,2-5H3,(H,37,42). The van der Waals surface area contributed by atoms with Crippen molar-refractivity contribution in [2.45, 2.75) is 45.3 Å². The molecule has 2 aromatic carbocycles. The maximum atomic E-state index is 13.6. The Kier molecular flexibility index (Phi) is 8.02. The molecule has 1 amide bonds. The lowest BCUT2D eigenvalue weighted by molar-refractivity contribution is -0.134. The zero-order valence-corrected chi connectivity index (χ0v) is 24.4. The van der Waals surface area contributed by atoms with Crippen molar-refractivity contribution in [1.29, 1.82) is 0 Å². The molecule has 44 heavy (non-hydrogen) atoms. The number of hydrogen-bond acceptors (Lipinski definition) is 7. The summed E-state index contributed by atoms with van der Waals surface area (Å²) in [7, 11) is 1.45. The third kappa shape index (κ3) is 6.34. The van der Waals surface area contributed by atoms with Crippen molar-refractivity contribution in [1.82, 2.24) is 25.8 Å². The van der Waals surface area contributed by atoms with E-state index in [0.717, 1.165) is 0 Å². The van der Waals surface area contributed by atoms with Crippen LogP contribution in [0.4, 0.5) is 17.6 Å². The molecule has 0 aliphatic carbocycles. The Morgan fingerprint density at radius 1 is 1.02 bits per heavy atom. The van der Waals surface area contributed by atoms with Gasteiger partial charge in [0.25, 0.3) is 5.91 Å². The second-order valence-corrected chi connectivity index (χ2v) is 10.8. The number of alkyl halides is 3. The molecule has 0 aliphatic heterocycles. The van der Waals surface area contributed by atoms with Gasteiger partial charge in [0.2, 0.25) is 11.6 Å². The second-order valence-electron chi connectivity index (χ2n) is 10.8. The molecule has 0 fully saturated rings. The Morgan fingerprint density at radius 3 is 2.39 bits per heavy atom. The fourth-order valence-corrected chi connectivity index (χ4v) is 4.85. The number of furan rings is 1. The summed E-state index contributed by atoms with van der Waals surface area (Å²) >= 11 is 0. The van der Waals surface area contributed by atoms with Crippen LogP contribution in [0.15, 0.2) is 70.1 Å². The molecule has 5 aromatic rings. The molecule has 3 aromatic heterocycles. The van der Waals surface area contributed by atoms with Gasteiger partial charge < -0.3 is 19.6 Å². The van der Waals surface area contributed by atoms with Gasteiger partial charge in [-0.2, -0.15) is 18.2 Å². The molecular formula is C32H29F4N5O3. The van der Waals surface area contributed by atoms with Gasteiger partial charge >= 0.3 is 6.18 Å². The summed E-state index contributed by atoms with van der Waals surface area (Å²) in [5.41, 5.74) is 2.02. The molecule has 12 heteroatoms. The molecule has 0 saturated heterocycles. The molecule has 0 radical (unpaired) electrons. The van der Waals surface area contributed by atoms with Gasteiger partial charge in [0.05, 0.1) is 22.2 Å². The number of aryl methyl sites for hydroxylation is 2. The van der Waals surface area contributed by atoms with Crippen molar-refractivity contribution in [3.63, 3.8) is 0 Å². The van der Waals surface area contributed by atoms with Crippen molar-refractivity contribution >= 4 is 22.7 Å². The van der Waals surface area contributed by atoms with Crippen LogP contribution >= 0.6 is 0 Å². The molecule has 0 atom stereocenters. The number of rotatable bonds is 9. The van der Waals surface area contributed by atoms with Crippen LogP contribution < -0.4 is 10.6 Å². The summed E-state index contributed by atoms with van der Waals surface area (Å²) in [6.07, 6.45) is -5.97. The smallest absolute Gasteiger partial charge is 0.389 e. The Balaban J connectivity index is 1.62. The predicted molar refractivity (Wildman–Crippen MR) is 157 cm³/mol. The van der Waals surface area contributed by atoms with Gasteiger partial charge in [-0.25, -0.2) is 9.37 Å². The van der Waals surface area contributed by atoms with Crippen LogP contribution in [0, 0.1) is 12.7 Å². The summed E-state index contributed by atoms with van der Waals surface area (Å²) in [6.45, 7) is 9.56. The SMILES string of the molecule is C=C(NC(C)(C)c1noc(C)n1)c1cccc(-c2cc3c(C(=O)NC)c(-c4ccc(F)cc4)oc3nc2CCC(F)(F)F)c1. The average Bonchev–Trinajstić information content (AvgIpc) is 3.59.